The van der Waals surface area contributed by atoms with Gasteiger partial charge in [0.05, 0.1) is 19.3 Å². The van der Waals surface area contributed by atoms with E-state index in [-0.39, 0.29) is 46.0 Å². The van der Waals surface area contributed by atoms with E-state index in [1.165, 1.54) is 25.3 Å². The van der Waals surface area contributed by atoms with Gasteiger partial charge in [-0.15, -0.1) is 0 Å². The molecule has 0 spiro atoms. The molecule has 45 heavy (non-hydrogen) atoms. The fourth-order valence-corrected chi connectivity index (χ4v) is 6.33. The van der Waals surface area contributed by atoms with Crippen LogP contribution in [0.5, 0.6) is 23.0 Å². The minimum absolute atomic E-state index is 0.0637. The standard InChI is InChI=1S/C37H39NO7/c1-3-27-20-26(22-38-27)25-8-6-7-23(19-25)9-14-29-33(41)36(43-2)35(44-18-17-37(42)15-4-5-16-37)32-30(40)21-31(45-34(29)32)24-10-12-28(39)13-11-24/h6-8,10-13,19-22,38-39,41-42H,3-5,9,14-18H2,1-2H3. The van der Waals surface area contributed by atoms with Crippen molar-refractivity contribution < 1.29 is 29.2 Å². The number of aryl methyl sites for hydroxylation is 3. The maximum Gasteiger partial charge on any atom is 0.204 e. The largest absolute Gasteiger partial charge is 0.508 e. The summed E-state index contributed by atoms with van der Waals surface area (Å²) in [6.45, 7) is 2.25. The van der Waals surface area contributed by atoms with Crippen molar-refractivity contribution in [3.63, 3.8) is 0 Å². The second-order valence-electron chi connectivity index (χ2n) is 11.9. The molecule has 0 radical (unpaired) electrons. The topological polar surface area (TPSA) is 125 Å². The Kier molecular flexibility index (Phi) is 8.59. The SMILES string of the molecule is CCc1cc(-c2cccc(CCc3c(O)c(OC)c(OCCC4(O)CCCC4)c4c(=O)cc(-c5ccc(O)cc5)oc34)c2)c[nH]1. The number of hydrogen-bond acceptors (Lipinski definition) is 7. The monoisotopic (exact) mass is 609 g/mol. The summed E-state index contributed by atoms with van der Waals surface area (Å²) < 4.78 is 18.2. The summed E-state index contributed by atoms with van der Waals surface area (Å²) in [5, 5.41) is 32.4. The molecule has 0 bridgehead atoms. The Labute approximate surface area is 261 Å². The number of nitrogens with one attached hydrogen (secondary N) is 1. The van der Waals surface area contributed by atoms with Gasteiger partial charge in [-0.3, -0.25) is 4.79 Å². The van der Waals surface area contributed by atoms with E-state index in [1.807, 2.05) is 18.3 Å². The van der Waals surface area contributed by atoms with Crippen molar-refractivity contribution in [1.29, 1.82) is 0 Å². The first-order valence-corrected chi connectivity index (χ1v) is 15.6. The summed E-state index contributed by atoms with van der Waals surface area (Å²) in [5.74, 6) is 0.402. The van der Waals surface area contributed by atoms with Gasteiger partial charge in [-0.1, -0.05) is 44.0 Å². The van der Waals surface area contributed by atoms with E-state index in [0.717, 1.165) is 41.6 Å². The maximum absolute atomic E-state index is 13.8. The van der Waals surface area contributed by atoms with Crippen LogP contribution in [0.3, 0.4) is 0 Å². The summed E-state index contributed by atoms with van der Waals surface area (Å²) in [4.78, 5) is 17.1. The van der Waals surface area contributed by atoms with Gasteiger partial charge in [-0.2, -0.15) is 0 Å². The molecule has 8 heteroatoms. The van der Waals surface area contributed by atoms with Crippen LogP contribution in [-0.2, 0) is 19.3 Å². The highest BCUT2D eigenvalue weighted by Crippen LogP contribution is 2.47. The van der Waals surface area contributed by atoms with E-state index in [2.05, 4.69) is 30.1 Å². The molecule has 8 nitrogen and oxygen atoms in total. The van der Waals surface area contributed by atoms with Crippen LogP contribution < -0.4 is 14.9 Å². The number of fused-ring (bicyclic) bond motifs is 1. The first-order valence-electron chi connectivity index (χ1n) is 15.6. The zero-order valence-electron chi connectivity index (χ0n) is 25.7. The molecule has 6 rings (SSSR count). The molecule has 0 saturated heterocycles. The minimum Gasteiger partial charge on any atom is -0.508 e. The van der Waals surface area contributed by atoms with Gasteiger partial charge in [0.25, 0.3) is 0 Å². The zero-order valence-corrected chi connectivity index (χ0v) is 25.7. The molecule has 4 N–H and O–H groups in total. The second kappa shape index (κ2) is 12.7. The Morgan fingerprint density at radius 3 is 2.42 bits per heavy atom. The van der Waals surface area contributed by atoms with Gasteiger partial charge in [0, 0.05) is 35.5 Å². The lowest BCUT2D eigenvalue weighted by Gasteiger charge is -2.23. The first-order chi connectivity index (χ1) is 21.8. The van der Waals surface area contributed by atoms with Gasteiger partial charge in [-0.25, -0.2) is 0 Å². The van der Waals surface area contributed by atoms with Crippen molar-refractivity contribution in [2.75, 3.05) is 13.7 Å². The number of methoxy groups -OCH3 is 1. The van der Waals surface area contributed by atoms with Crippen LogP contribution in [0.15, 0.2) is 76.1 Å². The number of phenols is 2. The fraction of sp³-hybridized carbons (Fsp3) is 0.324. The van der Waals surface area contributed by atoms with E-state index in [4.69, 9.17) is 13.9 Å². The number of phenolic OH excluding ortho intramolecular Hbond substituents is 2. The van der Waals surface area contributed by atoms with E-state index in [0.29, 0.717) is 49.0 Å². The van der Waals surface area contributed by atoms with Gasteiger partial charge in [0.15, 0.2) is 16.9 Å². The van der Waals surface area contributed by atoms with Gasteiger partial charge < -0.3 is 34.2 Å². The molecular weight excluding hydrogens is 570 g/mol. The molecule has 0 aliphatic heterocycles. The molecule has 5 aromatic rings. The van der Waals surface area contributed by atoms with Crippen molar-refractivity contribution in [3.8, 4) is 45.4 Å². The number of rotatable bonds is 11. The third-order valence-electron chi connectivity index (χ3n) is 8.91. The van der Waals surface area contributed by atoms with Gasteiger partial charge >= 0.3 is 0 Å². The Bertz CT molecular complexity index is 1860. The van der Waals surface area contributed by atoms with Crippen LogP contribution in [0.2, 0.25) is 0 Å². The molecule has 1 aliphatic rings. The first kappa shape index (κ1) is 30.3. The van der Waals surface area contributed by atoms with E-state index in [1.54, 1.807) is 12.1 Å². The summed E-state index contributed by atoms with van der Waals surface area (Å²) in [6.07, 6.45) is 7.60. The highest BCUT2D eigenvalue weighted by molar-refractivity contribution is 5.93. The number of aromatic hydroxyl groups is 2. The predicted molar refractivity (Wildman–Crippen MR) is 174 cm³/mol. The molecule has 1 aliphatic carbocycles. The lowest BCUT2D eigenvalue weighted by molar-refractivity contribution is 0.0256. The molecule has 2 heterocycles. The van der Waals surface area contributed by atoms with Crippen LogP contribution in [-0.4, -0.2) is 39.6 Å². The number of ether oxygens (including phenoxy) is 2. The van der Waals surface area contributed by atoms with Crippen LogP contribution in [0, 0.1) is 0 Å². The molecule has 0 unspecified atom stereocenters. The zero-order chi connectivity index (χ0) is 31.6. The Balaban J connectivity index is 1.41. The van der Waals surface area contributed by atoms with Gasteiger partial charge in [-0.05, 0) is 79.1 Å². The number of aliphatic hydroxyl groups is 1. The lowest BCUT2D eigenvalue weighted by Crippen LogP contribution is -2.26. The molecule has 2 aromatic heterocycles. The van der Waals surface area contributed by atoms with Crippen LogP contribution >= 0.6 is 0 Å². The van der Waals surface area contributed by atoms with Gasteiger partial charge in [0.2, 0.25) is 5.75 Å². The van der Waals surface area contributed by atoms with Crippen molar-refractivity contribution in [1.82, 2.24) is 4.98 Å². The Hall–Kier alpha value is -4.69. The quantitative estimate of drug-likeness (QED) is 0.124. The summed E-state index contributed by atoms with van der Waals surface area (Å²) >= 11 is 0. The maximum atomic E-state index is 13.8. The minimum atomic E-state index is -0.797. The normalized spacial score (nSPS) is 14.2. The molecule has 0 atom stereocenters. The molecule has 0 amide bonds. The van der Waals surface area contributed by atoms with E-state index in [9.17, 15) is 20.1 Å². The van der Waals surface area contributed by atoms with E-state index < -0.39 is 5.60 Å². The van der Waals surface area contributed by atoms with Crippen molar-refractivity contribution >= 4 is 11.0 Å². The van der Waals surface area contributed by atoms with Crippen LogP contribution in [0.1, 0.15) is 55.8 Å². The average Bonchev–Trinajstić information content (AvgIpc) is 3.71. The number of H-pyrrole nitrogens is 1. The number of aromatic nitrogens is 1. The highest BCUT2D eigenvalue weighted by atomic mass is 16.5. The fourth-order valence-electron chi connectivity index (χ4n) is 6.33. The summed E-state index contributed by atoms with van der Waals surface area (Å²) in [7, 11) is 1.43. The highest BCUT2D eigenvalue weighted by Gasteiger charge is 2.32. The van der Waals surface area contributed by atoms with Crippen molar-refractivity contribution in [3.05, 3.63) is 93.9 Å². The van der Waals surface area contributed by atoms with Crippen molar-refractivity contribution in [2.24, 2.45) is 0 Å². The molecule has 3 aromatic carbocycles. The Morgan fingerprint density at radius 2 is 1.71 bits per heavy atom. The number of hydrogen-bond donors (Lipinski definition) is 4. The molecule has 1 fully saturated rings. The number of benzene rings is 3. The van der Waals surface area contributed by atoms with Crippen LogP contribution in [0.4, 0.5) is 0 Å². The molecule has 234 valence electrons. The smallest absolute Gasteiger partial charge is 0.204 e. The number of aromatic amines is 1. The predicted octanol–water partition coefficient (Wildman–Crippen LogP) is 7.30. The third kappa shape index (κ3) is 6.28. The van der Waals surface area contributed by atoms with Crippen molar-refractivity contribution in [2.45, 2.75) is 63.9 Å². The second-order valence-corrected chi connectivity index (χ2v) is 11.9. The molecular formula is C37H39NO7. The van der Waals surface area contributed by atoms with Gasteiger partial charge in [0.1, 0.15) is 22.5 Å². The lowest BCUT2D eigenvalue weighted by atomic mass is 9.97. The molecule has 1 saturated carbocycles. The van der Waals surface area contributed by atoms with E-state index >= 15 is 0 Å². The third-order valence-corrected chi connectivity index (χ3v) is 8.91. The average molecular weight is 610 g/mol. The summed E-state index contributed by atoms with van der Waals surface area (Å²) in [5.41, 5.74) is 4.52. The Morgan fingerprint density at radius 1 is 0.933 bits per heavy atom. The van der Waals surface area contributed by atoms with Crippen LogP contribution in [0.25, 0.3) is 33.4 Å². The summed E-state index contributed by atoms with van der Waals surface area (Å²) in [6, 6.07) is 18.2.